The van der Waals surface area contributed by atoms with Gasteiger partial charge in [0.1, 0.15) is 12.4 Å². The van der Waals surface area contributed by atoms with Crippen LogP contribution in [0.3, 0.4) is 0 Å². The third-order valence-corrected chi connectivity index (χ3v) is 1.81. The minimum atomic E-state index is -4.96. The van der Waals surface area contributed by atoms with Crippen LogP contribution in [-0.2, 0) is 16.6 Å². The van der Waals surface area contributed by atoms with Gasteiger partial charge in [0.15, 0.2) is 6.10 Å². The van der Waals surface area contributed by atoms with Crippen molar-refractivity contribution in [2.75, 3.05) is 0 Å². The number of aromatic amines is 1. The number of H-pyrrole nitrogens is 1. The first-order chi connectivity index (χ1) is 6.82. The second-order valence-electron chi connectivity index (χ2n) is 3.00. The van der Waals surface area contributed by atoms with E-state index in [-0.39, 0.29) is 0 Å². The molecule has 0 aromatic carbocycles. The topological polar surface area (TPSA) is 46.0 Å². The number of halogens is 3. The number of hydrogen-bond acceptors (Lipinski definition) is 2. The van der Waals surface area contributed by atoms with Crippen molar-refractivity contribution in [3.05, 3.63) is 18.2 Å². The second kappa shape index (κ2) is 3.92. The molecule has 1 aromatic rings. The number of ether oxygens (including phenoxy) is 1. The highest BCUT2D eigenvalue weighted by Gasteiger charge is 2.42. The normalized spacial score (nSPS) is 13.7. The fourth-order valence-electron chi connectivity index (χ4n) is 1.10. The molecule has 15 heavy (non-hydrogen) atoms. The van der Waals surface area contributed by atoms with Gasteiger partial charge in [-0.05, 0) is 6.92 Å². The van der Waals surface area contributed by atoms with Crippen molar-refractivity contribution in [2.45, 2.75) is 19.2 Å². The molecular weight excluding hydrogens is 213 g/mol. The molecule has 0 aliphatic rings. The van der Waals surface area contributed by atoms with Crippen LogP contribution in [0.4, 0.5) is 13.2 Å². The highest BCUT2D eigenvalue weighted by Crippen LogP contribution is 2.21. The molecule has 0 aliphatic heterocycles. The smallest absolute Gasteiger partial charge is 0.443 e. The van der Waals surface area contributed by atoms with Crippen LogP contribution in [0, 0.1) is 0 Å². The molecule has 0 radical (unpaired) electrons. The second-order valence-corrected chi connectivity index (χ2v) is 3.00. The van der Waals surface area contributed by atoms with Crippen molar-refractivity contribution < 1.29 is 27.3 Å². The van der Waals surface area contributed by atoms with E-state index in [1.165, 1.54) is 17.7 Å². The van der Waals surface area contributed by atoms with E-state index in [1.54, 1.807) is 13.2 Å². The predicted octanol–water partition coefficient (Wildman–Crippen LogP) is 1.01. The summed E-state index contributed by atoms with van der Waals surface area (Å²) in [6, 6.07) is 0. The quantitative estimate of drug-likeness (QED) is 0.600. The van der Waals surface area contributed by atoms with Crippen molar-refractivity contribution in [3.8, 4) is 0 Å². The van der Waals surface area contributed by atoms with Gasteiger partial charge in [-0.2, -0.15) is 13.2 Å². The summed E-state index contributed by atoms with van der Waals surface area (Å²) < 4.78 is 41.3. The number of carbonyl (C=O) groups is 1. The molecule has 0 amide bonds. The Balaban J connectivity index is 2.69. The first-order valence-corrected chi connectivity index (χ1v) is 4.13. The van der Waals surface area contributed by atoms with Gasteiger partial charge in [-0.25, -0.2) is 14.3 Å². The predicted molar refractivity (Wildman–Crippen MR) is 42.5 cm³/mol. The monoisotopic (exact) mass is 223 g/mol. The Morgan fingerprint density at radius 2 is 2.20 bits per heavy atom. The molecule has 1 unspecified atom stereocenters. The first kappa shape index (κ1) is 11.5. The Hall–Kier alpha value is -1.53. The molecule has 1 atom stereocenters. The van der Waals surface area contributed by atoms with Crippen molar-refractivity contribution in [1.82, 2.24) is 4.98 Å². The number of nitrogens with one attached hydrogen (secondary N) is 1. The van der Waals surface area contributed by atoms with E-state index in [2.05, 4.69) is 9.72 Å². The van der Waals surface area contributed by atoms with Gasteiger partial charge in [0, 0.05) is 0 Å². The molecule has 0 saturated heterocycles. The zero-order chi connectivity index (χ0) is 11.6. The molecule has 0 saturated carbocycles. The largest absolute Gasteiger partial charge is 0.490 e. The summed E-state index contributed by atoms with van der Waals surface area (Å²) >= 11 is 0. The van der Waals surface area contributed by atoms with E-state index in [1.807, 2.05) is 0 Å². The molecule has 0 spiro atoms. The number of rotatable bonds is 2. The van der Waals surface area contributed by atoms with Crippen LogP contribution in [0.5, 0.6) is 0 Å². The molecular formula is C8H10F3N2O2+. The van der Waals surface area contributed by atoms with E-state index in [9.17, 15) is 18.0 Å². The Morgan fingerprint density at radius 3 is 2.60 bits per heavy atom. The van der Waals surface area contributed by atoms with Crippen molar-refractivity contribution in [2.24, 2.45) is 7.05 Å². The molecule has 4 nitrogen and oxygen atoms in total. The van der Waals surface area contributed by atoms with Gasteiger partial charge in [0.05, 0.1) is 7.05 Å². The van der Waals surface area contributed by atoms with E-state index in [0.717, 1.165) is 0 Å². The molecule has 7 heteroatoms. The number of aryl methyl sites for hydroxylation is 1. The van der Waals surface area contributed by atoms with E-state index in [4.69, 9.17) is 0 Å². The Morgan fingerprint density at radius 1 is 1.60 bits per heavy atom. The third kappa shape index (κ3) is 2.71. The summed E-state index contributed by atoms with van der Waals surface area (Å²) in [7, 11) is 1.63. The summed E-state index contributed by atoms with van der Waals surface area (Å²) in [6.07, 6.45) is -2.79. The number of alkyl halides is 3. The maximum absolute atomic E-state index is 11.9. The Bertz CT molecular complexity index is 359. The van der Waals surface area contributed by atoms with Gasteiger partial charge in [-0.15, -0.1) is 0 Å². The Labute approximate surface area is 83.7 Å². The number of esters is 1. The minimum absolute atomic E-state index is 0.382. The molecule has 1 aromatic heterocycles. The van der Waals surface area contributed by atoms with Crippen molar-refractivity contribution in [1.29, 1.82) is 0 Å². The highest BCUT2D eigenvalue weighted by atomic mass is 19.4. The van der Waals surface area contributed by atoms with Crippen LogP contribution in [0.15, 0.2) is 12.4 Å². The van der Waals surface area contributed by atoms with Crippen LogP contribution < -0.4 is 4.57 Å². The molecule has 0 fully saturated rings. The molecule has 0 bridgehead atoms. The van der Waals surface area contributed by atoms with E-state index in [0.29, 0.717) is 5.82 Å². The SMILES string of the molecule is CC(OC(=O)C(F)(F)F)c1[nH]cc[n+]1C. The average molecular weight is 223 g/mol. The summed E-state index contributed by atoms with van der Waals surface area (Å²) in [4.78, 5) is 13.2. The zero-order valence-electron chi connectivity index (χ0n) is 8.13. The van der Waals surface area contributed by atoms with Crippen molar-refractivity contribution in [3.63, 3.8) is 0 Å². The molecule has 1 heterocycles. The maximum Gasteiger partial charge on any atom is 0.490 e. The minimum Gasteiger partial charge on any atom is -0.443 e. The molecule has 1 rings (SSSR count). The number of nitrogens with zero attached hydrogens (tertiary/aromatic N) is 1. The van der Waals surface area contributed by atoms with Crippen molar-refractivity contribution >= 4 is 5.97 Å². The molecule has 84 valence electrons. The van der Waals surface area contributed by atoms with Crippen LogP contribution in [-0.4, -0.2) is 17.1 Å². The number of carbonyl (C=O) groups excluding carboxylic acids is 1. The zero-order valence-corrected chi connectivity index (χ0v) is 8.13. The van der Waals surface area contributed by atoms with Gasteiger partial charge < -0.3 is 4.74 Å². The Kier molecular flexibility index (Phi) is 3.01. The number of imidazole rings is 1. The van der Waals surface area contributed by atoms with Gasteiger partial charge in [0.25, 0.3) is 5.82 Å². The van der Waals surface area contributed by atoms with Crippen LogP contribution in [0.2, 0.25) is 0 Å². The first-order valence-electron chi connectivity index (χ1n) is 4.13. The third-order valence-electron chi connectivity index (χ3n) is 1.81. The number of aromatic nitrogens is 2. The molecule has 1 N–H and O–H groups in total. The summed E-state index contributed by atoms with van der Waals surface area (Å²) in [5.41, 5.74) is 0. The fourth-order valence-corrected chi connectivity index (χ4v) is 1.10. The van der Waals surface area contributed by atoms with Gasteiger partial charge in [0.2, 0.25) is 0 Å². The van der Waals surface area contributed by atoms with Gasteiger partial charge >= 0.3 is 12.1 Å². The van der Waals surface area contributed by atoms with E-state index < -0.39 is 18.2 Å². The average Bonchev–Trinajstić information content (AvgIpc) is 2.49. The maximum atomic E-state index is 11.9. The lowest BCUT2D eigenvalue weighted by molar-refractivity contribution is -0.681. The summed E-state index contributed by atoms with van der Waals surface area (Å²) in [5.74, 6) is -1.81. The van der Waals surface area contributed by atoms with Gasteiger partial charge in [-0.1, -0.05) is 0 Å². The summed E-state index contributed by atoms with van der Waals surface area (Å²) in [5, 5.41) is 0. The summed E-state index contributed by atoms with van der Waals surface area (Å²) in [6.45, 7) is 1.36. The lowest BCUT2D eigenvalue weighted by Gasteiger charge is -2.10. The highest BCUT2D eigenvalue weighted by molar-refractivity contribution is 5.75. The van der Waals surface area contributed by atoms with Crippen LogP contribution in [0.25, 0.3) is 0 Å². The van der Waals surface area contributed by atoms with Crippen LogP contribution >= 0.6 is 0 Å². The standard InChI is InChI=1S/C8H9F3N2O2/c1-5(6-12-3-4-13(6)2)15-7(14)8(9,10)11/h3-5H,1-2H3/p+1. The lowest BCUT2D eigenvalue weighted by Crippen LogP contribution is -2.35. The van der Waals surface area contributed by atoms with Gasteiger partial charge in [-0.3, -0.25) is 0 Å². The van der Waals surface area contributed by atoms with Crippen LogP contribution in [0.1, 0.15) is 18.9 Å². The fraction of sp³-hybridized carbons (Fsp3) is 0.500. The molecule has 0 aliphatic carbocycles. The lowest BCUT2D eigenvalue weighted by atomic mass is 10.4. The number of hydrogen-bond donors (Lipinski definition) is 1. The van der Waals surface area contributed by atoms with E-state index >= 15 is 0 Å².